The molecule has 0 bridgehead atoms. The van der Waals surface area contributed by atoms with Crippen molar-refractivity contribution in [2.75, 3.05) is 11.1 Å². The molecule has 6 nitrogen and oxygen atoms in total. The summed E-state index contributed by atoms with van der Waals surface area (Å²) in [6.07, 6.45) is 0. The van der Waals surface area contributed by atoms with Gasteiger partial charge in [0, 0.05) is 15.8 Å². The zero-order valence-electron chi connectivity index (χ0n) is 14.1. The van der Waals surface area contributed by atoms with E-state index in [4.69, 9.17) is 5.73 Å². The van der Waals surface area contributed by atoms with E-state index in [1.165, 1.54) is 11.8 Å². The molecule has 1 unspecified atom stereocenters. The van der Waals surface area contributed by atoms with Crippen LogP contribution < -0.4 is 11.1 Å². The van der Waals surface area contributed by atoms with Crippen molar-refractivity contribution in [1.82, 2.24) is 14.8 Å². The minimum absolute atomic E-state index is 0.0909. The second kappa shape index (κ2) is 8.37. The Morgan fingerprint density at radius 1 is 1.19 bits per heavy atom. The normalized spacial score (nSPS) is 11.9. The molecule has 3 rings (SSSR count). The summed E-state index contributed by atoms with van der Waals surface area (Å²) >= 11 is 4.71. The summed E-state index contributed by atoms with van der Waals surface area (Å²) in [6.45, 7) is 2.02. The molecule has 0 aliphatic rings. The third-order valence-corrected chi connectivity index (χ3v) is 5.11. The van der Waals surface area contributed by atoms with E-state index in [2.05, 4.69) is 31.4 Å². The van der Waals surface area contributed by atoms with Gasteiger partial charge in [0.25, 0.3) is 0 Å². The van der Waals surface area contributed by atoms with Crippen molar-refractivity contribution >= 4 is 39.3 Å². The number of nitrogens with two attached hydrogens (primary N) is 1. The molecule has 26 heavy (non-hydrogen) atoms. The summed E-state index contributed by atoms with van der Waals surface area (Å²) in [7, 11) is 0. The molecule has 0 saturated heterocycles. The van der Waals surface area contributed by atoms with E-state index in [1.807, 2.05) is 66.1 Å². The lowest BCUT2D eigenvalue weighted by Gasteiger charge is -2.17. The highest BCUT2D eigenvalue weighted by molar-refractivity contribution is 9.10. The maximum Gasteiger partial charge on any atom is 0.227 e. The number of hydrogen-bond acceptors (Lipinski definition) is 5. The predicted octanol–water partition coefficient (Wildman–Crippen LogP) is 3.78. The van der Waals surface area contributed by atoms with Gasteiger partial charge in [-0.05, 0) is 43.3 Å². The number of anilines is 1. The second-order valence-electron chi connectivity index (χ2n) is 5.64. The number of aromatic nitrogens is 3. The molecule has 0 aliphatic heterocycles. The maximum atomic E-state index is 11.2. The Kier molecular flexibility index (Phi) is 5.95. The molecule has 8 heteroatoms. The fourth-order valence-corrected chi connectivity index (χ4v) is 3.43. The number of para-hydroxylation sites is 1. The first-order valence-electron chi connectivity index (χ1n) is 7.98. The van der Waals surface area contributed by atoms with Gasteiger partial charge in [-0.25, -0.2) is 0 Å². The number of benzene rings is 2. The molecule has 1 atom stereocenters. The monoisotopic (exact) mass is 431 g/mol. The fraction of sp³-hybridized carbons (Fsp3) is 0.167. The Morgan fingerprint density at radius 3 is 2.54 bits per heavy atom. The Balaban J connectivity index is 1.92. The highest BCUT2D eigenvalue weighted by atomic mass is 79.9. The second-order valence-corrected chi connectivity index (χ2v) is 7.50. The number of halogens is 1. The van der Waals surface area contributed by atoms with Crippen LogP contribution in [-0.4, -0.2) is 26.4 Å². The summed E-state index contributed by atoms with van der Waals surface area (Å²) in [5.74, 6) is 0.519. The smallest absolute Gasteiger partial charge is 0.227 e. The van der Waals surface area contributed by atoms with Crippen molar-refractivity contribution in [3.8, 4) is 5.69 Å². The molecule has 0 radical (unpaired) electrons. The topological polar surface area (TPSA) is 85.8 Å². The van der Waals surface area contributed by atoms with E-state index in [-0.39, 0.29) is 17.7 Å². The van der Waals surface area contributed by atoms with Crippen LogP contribution >= 0.6 is 27.7 Å². The molecule has 1 amide bonds. The molecule has 1 heterocycles. The number of thioether (sulfide) groups is 1. The quantitative estimate of drug-likeness (QED) is 0.555. The van der Waals surface area contributed by atoms with Gasteiger partial charge in [0.2, 0.25) is 5.91 Å². The van der Waals surface area contributed by atoms with Gasteiger partial charge in [0.05, 0.1) is 11.8 Å². The fourth-order valence-electron chi connectivity index (χ4n) is 2.47. The summed E-state index contributed by atoms with van der Waals surface area (Å²) < 4.78 is 2.97. The van der Waals surface area contributed by atoms with Crippen LogP contribution in [0.2, 0.25) is 0 Å². The number of amides is 1. The third kappa shape index (κ3) is 4.44. The molecule has 3 aromatic rings. The summed E-state index contributed by atoms with van der Waals surface area (Å²) in [5, 5.41) is 12.7. The van der Waals surface area contributed by atoms with Crippen molar-refractivity contribution in [3.63, 3.8) is 0 Å². The van der Waals surface area contributed by atoms with Crippen LogP contribution in [0.25, 0.3) is 5.69 Å². The molecule has 0 spiro atoms. The average molecular weight is 432 g/mol. The lowest BCUT2D eigenvalue weighted by Crippen LogP contribution is -2.15. The van der Waals surface area contributed by atoms with Crippen LogP contribution in [0, 0.1) is 0 Å². The number of hydrogen-bond donors (Lipinski definition) is 2. The molecule has 0 aliphatic carbocycles. The van der Waals surface area contributed by atoms with E-state index in [9.17, 15) is 4.79 Å². The minimum atomic E-state index is -0.389. The van der Waals surface area contributed by atoms with Crippen molar-refractivity contribution in [3.05, 3.63) is 64.9 Å². The molecule has 2 aromatic carbocycles. The maximum absolute atomic E-state index is 11.2. The Hall–Kier alpha value is -2.32. The van der Waals surface area contributed by atoms with Gasteiger partial charge in [-0.2, -0.15) is 0 Å². The largest absolute Gasteiger partial charge is 0.375 e. The number of carbonyl (C=O) groups is 1. The van der Waals surface area contributed by atoms with Crippen molar-refractivity contribution in [1.29, 1.82) is 0 Å². The summed E-state index contributed by atoms with van der Waals surface area (Å²) in [5.41, 5.74) is 7.19. The van der Waals surface area contributed by atoms with E-state index in [0.717, 1.165) is 21.7 Å². The van der Waals surface area contributed by atoms with E-state index >= 15 is 0 Å². The van der Waals surface area contributed by atoms with Gasteiger partial charge >= 0.3 is 0 Å². The molecule has 0 saturated carbocycles. The van der Waals surface area contributed by atoms with Gasteiger partial charge < -0.3 is 11.1 Å². The van der Waals surface area contributed by atoms with Gasteiger partial charge in [-0.15, -0.1) is 10.2 Å². The molecule has 1 aromatic heterocycles. The predicted molar refractivity (Wildman–Crippen MR) is 107 cm³/mol. The Bertz CT molecular complexity index is 882. The van der Waals surface area contributed by atoms with Crippen LogP contribution in [0.5, 0.6) is 0 Å². The number of nitrogens with zero attached hydrogens (tertiary/aromatic N) is 3. The van der Waals surface area contributed by atoms with Crippen LogP contribution in [0.15, 0.2) is 64.2 Å². The SMILES string of the molecule is CC(Nc1ccc(Br)cc1)c1nnc(SCC(N)=O)n1-c1ccccc1. The molecule has 0 fully saturated rings. The number of primary amides is 1. The number of carbonyl (C=O) groups excluding carboxylic acids is 1. The molecular formula is C18H18BrN5OS. The lowest BCUT2D eigenvalue weighted by atomic mass is 10.2. The zero-order valence-corrected chi connectivity index (χ0v) is 16.5. The van der Waals surface area contributed by atoms with Crippen LogP contribution in [0.1, 0.15) is 18.8 Å². The molecular weight excluding hydrogens is 414 g/mol. The van der Waals surface area contributed by atoms with E-state index in [0.29, 0.717) is 5.16 Å². The highest BCUT2D eigenvalue weighted by Crippen LogP contribution is 2.27. The average Bonchev–Trinajstić information content (AvgIpc) is 3.06. The van der Waals surface area contributed by atoms with Crippen molar-refractivity contribution < 1.29 is 4.79 Å². The van der Waals surface area contributed by atoms with Gasteiger partial charge in [-0.3, -0.25) is 9.36 Å². The Morgan fingerprint density at radius 2 is 1.88 bits per heavy atom. The van der Waals surface area contributed by atoms with Crippen LogP contribution in [0.3, 0.4) is 0 Å². The minimum Gasteiger partial charge on any atom is -0.375 e. The summed E-state index contributed by atoms with van der Waals surface area (Å²) in [6, 6.07) is 17.7. The van der Waals surface area contributed by atoms with Crippen LogP contribution in [0.4, 0.5) is 5.69 Å². The first-order chi connectivity index (χ1) is 12.5. The lowest BCUT2D eigenvalue weighted by molar-refractivity contribution is -0.115. The van der Waals surface area contributed by atoms with Gasteiger partial charge in [0.15, 0.2) is 11.0 Å². The van der Waals surface area contributed by atoms with Gasteiger partial charge in [0.1, 0.15) is 0 Å². The van der Waals surface area contributed by atoms with Crippen LogP contribution in [-0.2, 0) is 4.79 Å². The zero-order chi connectivity index (χ0) is 18.5. The molecule has 134 valence electrons. The highest BCUT2D eigenvalue weighted by Gasteiger charge is 2.20. The van der Waals surface area contributed by atoms with E-state index < -0.39 is 0 Å². The first-order valence-corrected chi connectivity index (χ1v) is 9.76. The standard InChI is InChI=1S/C18H18BrN5OS/c1-12(21-14-9-7-13(19)8-10-14)17-22-23-18(26-11-16(20)25)24(17)15-5-3-2-4-6-15/h2-10,12,21H,11H2,1H3,(H2,20,25). The number of nitrogens with one attached hydrogen (secondary N) is 1. The summed E-state index contributed by atoms with van der Waals surface area (Å²) in [4.78, 5) is 11.2. The van der Waals surface area contributed by atoms with E-state index in [1.54, 1.807) is 0 Å². The Labute approximate surface area is 164 Å². The molecule has 3 N–H and O–H groups in total. The van der Waals surface area contributed by atoms with Crippen molar-refractivity contribution in [2.24, 2.45) is 5.73 Å². The van der Waals surface area contributed by atoms with Gasteiger partial charge in [-0.1, -0.05) is 45.9 Å². The number of rotatable bonds is 7. The van der Waals surface area contributed by atoms with Crippen molar-refractivity contribution in [2.45, 2.75) is 18.1 Å². The third-order valence-electron chi connectivity index (χ3n) is 3.63. The first kappa shape index (κ1) is 18.5.